The average Bonchev–Trinajstić information content (AvgIpc) is 2.45. The lowest BCUT2D eigenvalue weighted by molar-refractivity contribution is -0.479. The lowest BCUT2D eigenvalue weighted by atomic mass is 10.1. The summed E-state index contributed by atoms with van der Waals surface area (Å²) < 4.78 is 0. The van der Waals surface area contributed by atoms with Gasteiger partial charge in [-0.2, -0.15) is 0 Å². The molecule has 0 heterocycles. The average molecular weight is 273 g/mol. The van der Waals surface area contributed by atoms with Crippen LogP contribution >= 0.6 is 11.8 Å². The molecule has 0 saturated heterocycles. The normalized spacial score (nSPS) is 12.0. The van der Waals surface area contributed by atoms with Gasteiger partial charge < -0.3 is 0 Å². The number of hydrogen-bond acceptors (Lipinski definition) is 3. The molecule has 0 N–H and O–H groups in total. The summed E-state index contributed by atoms with van der Waals surface area (Å²) in [4.78, 5) is 10.5. The van der Waals surface area contributed by atoms with Gasteiger partial charge in [0.15, 0.2) is 0 Å². The Hall–Kier alpha value is -1.81. The van der Waals surface area contributed by atoms with Gasteiger partial charge in [-0.05, 0) is 11.1 Å². The first kappa shape index (κ1) is 13.6. The fourth-order valence-electron chi connectivity index (χ4n) is 1.83. The zero-order valence-electron chi connectivity index (χ0n) is 10.4. The second kappa shape index (κ2) is 6.95. The molecule has 0 amide bonds. The summed E-state index contributed by atoms with van der Waals surface area (Å²) in [7, 11) is 0. The number of hydrogen-bond donors (Lipinski definition) is 0. The second-order valence-electron chi connectivity index (χ2n) is 4.21. The monoisotopic (exact) mass is 273 g/mol. The number of benzene rings is 2. The molecule has 0 fully saturated rings. The predicted molar refractivity (Wildman–Crippen MR) is 78.8 cm³/mol. The highest BCUT2D eigenvalue weighted by Crippen LogP contribution is 2.31. The number of rotatable bonds is 6. The zero-order valence-corrected chi connectivity index (χ0v) is 11.3. The van der Waals surface area contributed by atoms with Gasteiger partial charge in [0, 0.05) is 10.7 Å². The van der Waals surface area contributed by atoms with E-state index in [0.29, 0.717) is 0 Å². The Labute approximate surface area is 116 Å². The SMILES string of the molecule is O=[N+]([O-])CC(SCc1ccccc1)c1ccccc1. The molecule has 0 spiro atoms. The molecule has 0 aromatic heterocycles. The molecule has 3 nitrogen and oxygen atoms in total. The predicted octanol–water partition coefficient (Wildman–Crippen LogP) is 3.94. The summed E-state index contributed by atoms with van der Waals surface area (Å²) >= 11 is 1.61. The minimum atomic E-state index is -0.240. The van der Waals surface area contributed by atoms with E-state index >= 15 is 0 Å². The van der Waals surface area contributed by atoms with Crippen molar-refractivity contribution in [2.45, 2.75) is 11.0 Å². The van der Waals surface area contributed by atoms with Crippen molar-refractivity contribution in [3.8, 4) is 0 Å². The van der Waals surface area contributed by atoms with E-state index in [1.165, 1.54) is 5.56 Å². The van der Waals surface area contributed by atoms with E-state index in [1.54, 1.807) is 11.8 Å². The maximum atomic E-state index is 10.8. The Morgan fingerprint density at radius 3 is 2.16 bits per heavy atom. The van der Waals surface area contributed by atoms with Crippen molar-refractivity contribution in [3.05, 3.63) is 81.9 Å². The van der Waals surface area contributed by atoms with Crippen LogP contribution in [0.2, 0.25) is 0 Å². The van der Waals surface area contributed by atoms with Crippen molar-refractivity contribution >= 4 is 11.8 Å². The first-order valence-electron chi connectivity index (χ1n) is 6.08. The third-order valence-electron chi connectivity index (χ3n) is 2.78. The maximum absolute atomic E-state index is 10.8. The van der Waals surface area contributed by atoms with Gasteiger partial charge in [0.25, 0.3) is 0 Å². The highest BCUT2D eigenvalue weighted by Gasteiger charge is 2.17. The van der Waals surface area contributed by atoms with E-state index in [2.05, 4.69) is 0 Å². The van der Waals surface area contributed by atoms with Crippen LogP contribution in [0.15, 0.2) is 60.7 Å². The van der Waals surface area contributed by atoms with E-state index in [1.807, 2.05) is 60.7 Å². The third kappa shape index (κ3) is 4.41. The quantitative estimate of drug-likeness (QED) is 0.591. The minimum Gasteiger partial charge on any atom is -0.264 e. The molecule has 4 heteroatoms. The van der Waals surface area contributed by atoms with Crippen molar-refractivity contribution in [2.75, 3.05) is 6.54 Å². The summed E-state index contributed by atoms with van der Waals surface area (Å²) in [5.74, 6) is 0.786. The van der Waals surface area contributed by atoms with Crippen LogP contribution in [0.1, 0.15) is 16.4 Å². The summed E-state index contributed by atoms with van der Waals surface area (Å²) in [5.41, 5.74) is 2.21. The second-order valence-corrected chi connectivity index (χ2v) is 5.40. The molecular formula is C15H15NO2S. The molecule has 2 rings (SSSR count). The molecule has 0 aliphatic heterocycles. The van der Waals surface area contributed by atoms with Gasteiger partial charge in [-0.15, -0.1) is 11.8 Å². The number of thioether (sulfide) groups is 1. The Morgan fingerprint density at radius 2 is 1.58 bits per heavy atom. The molecule has 0 aliphatic carbocycles. The Balaban J connectivity index is 2.04. The largest absolute Gasteiger partial charge is 0.264 e. The number of nitrogens with zero attached hydrogens (tertiary/aromatic N) is 1. The topological polar surface area (TPSA) is 43.1 Å². The Bertz CT molecular complexity index is 516. The zero-order chi connectivity index (χ0) is 13.5. The molecule has 1 unspecified atom stereocenters. The van der Waals surface area contributed by atoms with Crippen LogP contribution in [0.4, 0.5) is 0 Å². The van der Waals surface area contributed by atoms with Crippen molar-refractivity contribution < 1.29 is 4.92 Å². The van der Waals surface area contributed by atoms with Crippen LogP contribution in [0.25, 0.3) is 0 Å². The van der Waals surface area contributed by atoms with Crippen LogP contribution in [0.5, 0.6) is 0 Å². The van der Waals surface area contributed by atoms with Gasteiger partial charge in [0.2, 0.25) is 6.54 Å². The van der Waals surface area contributed by atoms with Gasteiger partial charge in [-0.3, -0.25) is 10.1 Å². The summed E-state index contributed by atoms with van der Waals surface area (Å²) in [6.07, 6.45) is 0. The standard InChI is InChI=1S/C15H15NO2S/c17-16(18)11-15(14-9-5-2-6-10-14)19-12-13-7-3-1-4-8-13/h1-10,15H,11-12H2. The molecule has 0 aliphatic rings. The van der Waals surface area contributed by atoms with E-state index in [9.17, 15) is 10.1 Å². The van der Waals surface area contributed by atoms with Crippen molar-refractivity contribution in [3.63, 3.8) is 0 Å². The van der Waals surface area contributed by atoms with Crippen LogP contribution in [-0.4, -0.2) is 11.5 Å². The van der Waals surface area contributed by atoms with Crippen molar-refractivity contribution in [1.29, 1.82) is 0 Å². The molecule has 2 aromatic carbocycles. The van der Waals surface area contributed by atoms with E-state index < -0.39 is 0 Å². The fourth-order valence-corrected chi connectivity index (χ4v) is 2.99. The van der Waals surface area contributed by atoms with Gasteiger partial charge in [0.05, 0.1) is 5.25 Å². The maximum Gasteiger partial charge on any atom is 0.219 e. The molecule has 0 saturated carbocycles. The Kier molecular flexibility index (Phi) is 4.98. The first-order chi connectivity index (χ1) is 9.25. The third-order valence-corrected chi connectivity index (χ3v) is 4.10. The van der Waals surface area contributed by atoms with Crippen LogP contribution < -0.4 is 0 Å². The van der Waals surface area contributed by atoms with Crippen LogP contribution in [0, 0.1) is 10.1 Å². The molecular weight excluding hydrogens is 258 g/mol. The van der Waals surface area contributed by atoms with Crippen LogP contribution in [-0.2, 0) is 5.75 Å². The highest BCUT2D eigenvalue weighted by atomic mass is 32.2. The highest BCUT2D eigenvalue weighted by molar-refractivity contribution is 7.98. The fraction of sp³-hybridized carbons (Fsp3) is 0.200. The first-order valence-corrected chi connectivity index (χ1v) is 7.13. The smallest absolute Gasteiger partial charge is 0.219 e. The van der Waals surface area contributed by atoms with Crippen LogP contribution in [0.3, 0.4) is 0 Å². The molecule has 0 bridgehead atoms. The van der Waals surface area contributed by atoms with Gasteiger partial charge in [-0.25, -0.2) is 0 Å². The molecule has 2 aromatic rings. The lowest BCUT2D eigenvalue weighted by Gasteiger charge is -2.13. The van der Waals surface area contributed by atoms with Crippen molar-refractivity contribution in [2.24, 2.45) is 0 Å². The summed E-state index contributed by atoms with van der Waals surface area (Å²) in [5, 5.41) is 10.7. The van der Waals surface area contributed by atoms with E-state index in [4.69, 9.17) is 0 Å². The van der Waals surface area contributed by atoms with E-state index in [0.717, 1.165) is 11.3 Å². The Morgan fingerprint density at radius 1 is 1.00 bits per heavy atom. The molecule has 0 radical (unpaired) electrons. The van der Waals surface area contributed by atoms with E-state index in [-0.39, 0.29) is 16.7 Å². The van der Waals surface area contributed by atoms with Crippen molar-refractivity contribution in [1.82, 2.24) is 0 Å². The van der Waals surface area contributed by atoms with Gasteiger partial charge >= 0.3 is 0 Å². The summed E-state index contributed by atoms with van der Waals surface area (Å²) in [6.45, 7) is -0.0402. The number of nitro groups is 1. The summed E-state index contributed by atoms with van der Waals surface area (Å²) in [6, 6.07) is 19.7. The molecule has 19 heavy (non-hydrogen) atoms. The van der Waals surface area contributed by atoms with Gasteiger partial charge in [0.1, 0.15) is 0 Å². The minimum absolute atomic E-state index is 0.0402. The molecule has 98 valence electrons. The van der Waals surface area contributed by atoms with Gasteiger partial charge in [-0.1, -0.05) is 60.7 Å². The lowest BCUT2D eigenvalue weighted by Crippen LogP contribution is -2.10. The molecule has 1 atom stereocenters.